The molecule has 138 valence electrons. The number of methoxy groups -OCH3 is 1. The van der Waals surface area contributed by atoms with E-state index >= 15 is 0 Å². The molecule has 0 radical (unpaired) electrons. The minimum atomic E-state index is 0.234. The molecule has 0 spiro atoms. The van der Waals surface area contributed by atoms with Gasteiger partial charge in [0.25, 0.3) is 0 Å². The quantitative estimate of drug-likeness (QED) is 0.608. The molecule has 4 rings (SSSR count). The predicted molar refractivity (Wildman–Crippen MR) is 106 cm³/mol. The maximum Gasteiger partial charge on any atom is 0.127 e. The van der Waals surface area contributed by atoms with Crippen LogP contribution in [0, 0.1) is 0 Å². The topological polar surface area (TPSA) is 30.9 Å². The smallest absolute Gasteiger partial charge is 0.127 e. The third-order valence-electron chi connectivity index (χ3n) is 4.58. The first-order valence-corrected chi connectivity index (χ1v) is 9.13. The van der Waals surface area contributed by atoms with Gasteiger partial charge in [0.15, 0.2) is 0 Å². The van der Waals surface area contributed by atoms with E-state index in [1.807, 2.05) is 66.7 Å². The van der Waals surface area contributed by atoms with Crippen LogP contribution in [0.25, 0.3) is 0 Å². The molecular formula is C23H23NO3. The highest BCUT2D eigenvalue weighted by molar-refractivity contribution is 5.34. The van der Waals surface area contributed by atoms with Crippen molar-refractivity contribution in [1.82, 2.24) is 4.90 Å². The molecule has 0 aromatic heterocycles. The van der Waals surface area contributed by atoms with Gasteiger partial charge in [-0.1, -0.05) is 36.4 Å². The van der Waals surface area contributed by atoms with Crippen LogP contribution in [-0.2, 0) is 6.54 Å². The lowest BCUT2D eigenvalue weighted by atomic mass is 10.1. The van der Waals surface area contributed by atoms with Crippen LogP contribution in [0.3, 0.4) is 0 Å². The Balaban J connectivity index is 1.25. The first-order valence-electron chi connectivity index (χ1n) is 9.13. The van der Waals surface area contributed by atoms with E-state index in [1.54, 1.807) is 7.11 Å². The van der Waals surface area contributed by atoms with Gasteiger partial charge in [-0.15, -0.1) is 0 Å². The van der Waals surface area contributed by atoms with Gasteiger partial charge in [-0.2, -0.15) is 0 Å². The highest BCUT2D eigenvalue weighted by Gasteiger charge is 2.28. The van der Waals surface area contributed by atoms with Crippen molar-refractivity contribution in [3.05, 3.63) is 84.4 Å². The van der Waals surface area contributed by atoms with Crippen LogP contribution in [0.15, 0.2) is 78.9 Å². The van der Waals surface area contributed by atoms with Gasteiger partial charge in [-0.3, -0.25) is 4.90 Å². The molecular weight excluding hydrogens is 338 g/mol. The molecule has 4 nitrogen and oxygen atoms in total. The molecule has 1 aliphatic rings. The Labute approximate surface area is 159 Å². The summed E-state index contributed by atoms with van der Waals surface area (Å²) in [4.78, 5) is 2.37. The van der Waals surface area contributed by atoms with Crippen molar-refractivity contribution in [2.24, 2.45) is 0 Å². The average Bonchev–Trinajstić information content (AvgIpc) is 2.69. The zero-order chi connectivity index (χ0) is 18.5. The van der Waals surface area contributed by atoms with Gasteiger partial charge < -0.3 is 14.2 Å². The number of ether oxygens (including phenoxy) is 3. The molecule has 3 aromatic rings. The van der Waals surface area contributed by atoms with Crippen LogP contribution < -0.4 is 14.2 Å². The second-order valence-electron chi connectivity index (χ2n) is 6.67. The number of hydrogen-bond acceptors (Lipinski definition) is 4. The summed E-state index contributed by atoms with van der Waals surface area (Å²) in [6.45, 7) is 2.78. The van der Waals surface area contributed by atoms with Crippen molar-refractivity contribution in [3.63, 3.8) is 0 Å². The highest BCUT2D eigenvalue weighted by Crippen LogP contribution is 2.25. The summed E-state index contributed by atoms with van der Waals surface area (Å²) >= 11 is 0. The van der Waals surface area contributed by atoms with E-state index in [9.17, 15) is 0 Å². The Morgan fingerprint density at radius 1 is 0.778 bits per heavy atom. The van der Waals surface area contributed by atoms with Crippen LogP contribution in [0.1, 0.15) is 5.56 Å². The number of benzene rings is 3. The van der Waals surface area contributed by atoms with Gasteiger partial charge in [0, 0.05) is 25.7 Å². The van der Waals surface area contributed by atoms with Gasteiger partial charge in [0.05, 0.1) is 7.11 Å². The molecule has 3 aromatic carbocycles. The summed E-state index contributed by atoms with van der Waals surface area (Å²) in [6.07, 6.45) is 0.234. The SMILES string of the molecule is COc1cccc(OC2CN(Cc3ccc(Oc4ccccc4)cc3)C2)c1. The number of likely N-dealkylation sites (tertiary alicyclic amines) is 1. The molecule has 4 heteroatoms. The molecule has 0 aliphatic carbocycles. The van der Waals surface area contributed by atoms with Crippen molar-refractivity contribution in [3.8, 4) is 23.0 Å². The number of nitrogens with zero attached hydrogens (tertiary/aromatic N) is 1. The molecule has 27 heavy (non-hydrogen) atoms. The molecule has 1 aliphatic heterocycles. The second-order valence-corrected chi connectivity index (χ2v) is 6.67. The Morgan fingerprint density at radius 2 is 1.44 bits per heavy atom. The van der Waals surface area contributed by atoms with E-state index in [-0.39, 0.29) is 6.10 Å². The fourth-order valence-electron chi connectivity index (χ4n) is 3.14. The number of para-hydroxylation sites is 1. The van der Waals surface area contributed by atoms with E-state index in [4.69, 9.17) is 14.2 Å². The summed E-state index contributed by atoms with van der Waals surface area (Å²) in [5.74, 6) is 3.39. The lowest BCUT2D eigenvalue weighted by molar-refractivity contribution is 0.0145. The lowest BCUT2D eigenvalue weighted by Gasteiger charge is -2.39. The van der Waals surface area contributed by atoms with Gasteiger partial charge in [0.1, 0.15) is 29.1 Å². The first kappa shape index (κ1) is 17.4. The van der Waals surface area contributed by atoms with Crippen molar-refractivity contribution in [2.45, 2.75) is 12.6 Å². The van der Waals surface area contributed by atoms with Crippen molar-refractivity contribution >= 4 is 0 Å². The standard InChI is InChI=1S/C23H23NO3/c1-25-21-8-5-9-22(14-21)27-23-16-24(17-23)15-18-10-12-20(13-11-18)26-19-6-3-2-4-7-19/h2-14,23H,15-17H2,1H3. The summed E-state index contributed by atoms with van der Waals surface area (Å²) in [5, 5.41) is 0. The van der Waals surface area contributed by atoms with Crippen molar-refractivity contribution < 1.29 is 14.2 Å². The minimum absolute atomic E-state index is 0.234. The molecule has 1 heterocycles. The lowest BCUT2D eigenvalue weighted by Crippen LogP contribution is -2.53. The Kier molecular flexibility index (Phi) is 5.26. The van der Waals surface area contributed by atoms with Gasteiger partial charge in [-0.25, -0.2) is 0 Å². The molecule has 0 atom stereocenters. The number of hydrogen-bond donors (Lipinski definition) is 0. The largest absolute Gasteiger partial charge is 0.497 e. The Bertz CT molecular complexity index is 858. The van der Waals surface area contributed by atoms with Gasteiger partial charge in [-0.05, 0) is 42.0 Å². The summed E-state index contributed by atoms with van der Waals surface area (Å²) < 4.78 is 17.1. The van der Waals surface area contributed by atoms with Crippen LogP contribution >= 0.6 is 0 Å². The molecule has 0 amide bonds. The van der Waals surface area contributed by atoms with E-state index in [2.05, 4.69) is 17.0 Å². The Hall–Kier alpha value is -2.98. The molecule has 1 saturated heterocycles. The average molecular weight is 361 g/mol. The first-order chi connectivity index (χ1) is 13.3. The van der Waals surface area contributed by atoms with E-state index in [0.29, 0.717) is 0 Å². The third kappa shape index (κ3) is 4.60. The highest BCUT2D eigenvalue weighted by atomic mass is 16.5. The molecule has 1 fully saturated rings. The van der Waals surface area contributed by atoms with Crippen LogP contribution in [-0.4, -0.2) is 31.2 Å². The number of rotatable bonds is 7. The maximum atomic E-state index is 6.00. The normalized spacial score (nSPS) is 14.4. The summed E-state index contributed by atoms with van der Waals surface area (Å²) in [7, 11) is 1.67. The maximum absolute atomic E-state index is 6.00. The summed E-state index contributed by atoms with van der Waals surface area (Å²) in [5.41, 5.74) is 1.27. The summed E-state index contributed by atoms with van der Waals surface area (Å²) in [6, 6.07) is 25.9. The monoisotopic (exact) mass is 361 g/mol. The van der Waals surface area contributed by atoms with Crippen LogP contribution in [0.4, 0.5) is 0 Å². The fraction of sp³-hybridized carbons (Fsp3) is 0.217. The molecule has 0 bridgehead atoms. The zero-order valence-electron chi connectivity index (χ0n) is 15.4. The predicted octanol–water partition coefficient (Wildman–Crippen LogP) is 4.75. The fourth-order valence-corrected chi connectivity index (χ4v) is 3.14. The second kappa shape index (κ2) is 8.14. The molecule has 0 N–H and O–H groups in total. The van der Waals surface area contributed by atoms with Crippen molar-refractivity contribution in [2.75, 3.05) is 20.2 Å². The van der Waals surface area contributed by atoms with Gasteiger partial charge >= 0.3 is 0 Å². The van der Waals surface area contributed by atoms with Crippen LogP contribution in [0.5, 0.6) is 23.0 Å². The molecule has 0 saturated carbocycles. The van der Waals surface area contributed by atoms with Crippen LogP contribution in [0.2, 0.25) is 0 Å². The van der Waals surface area contributed by atoms with Gasteiger partial charge in [0.2, 0.25) is 0 Å². The van der Waals surface area contributed by atoms with E-state index < -0.39 is 0 Å². The minimum Gasteiger partial charge on any atom is -0.497 e. The van der Waals surface area contributed by atoms with E-state index in [1.165, 1.54) is 5.56 Å². The van der Waals surface area contributed by atoms with E-state index in [0.717, 1.165) is 42.6 Å². The molecule has 0 unspecified atom stereocenters. The zero-order valence-corrected chi connectivity index (χ0v) is 15.4. The van der Waals surface area contributed by atoms with Crippen molar-refractivity contribution in [1.29, 1.82) is 0 Å². The Morgan fingerprint density at radius 3 is 2.19 bits per heavy atom. The third-order valence-corrected chi connectivity index (χ3v) is 4.58.